The van der Waals surface area contributed by atoms with Crippen LogP contribution >= 0.6 is 0 Å². The summed E-state index contributed by atoms with van der Waals surface area (Å²) in [5.41, 5.74) is 1.50. The Morgan fingerprint density at radius 3 is 2.54 bits per heavy atom. The number of hydrogen-bond donors (Lipinski definition) is 1. The van der Waals surface area contributed by atoms with E-state index in [9.17, 15) is 9.90 Å². The maximum atomic E-state index is 12.6. The molecular formula is C23H29NO4. The molecule has 1 N–H and O–H groups in total. The molecule has 0 unspecified atom stereocenters. The maximum Gasteiger partial charge on any atom is 0.410 e. The first-order chi connectivity index (χ1) is 13.4. The molecule has 1 heterocycles. The summed E-state index contributed by atoms with van der Waals surface area (Å²) in [7, 11) is 0. The number of hydrogen-bond acceptors (Lipinski definition) is 4. The predicted octanol–water partition coefficient (Wildman–Crippen LogP) is 4.21. The average Bonchev–Trinajstić information content (AvgIpc) is 3.10. The first kappa shape index (κ1) is 20.2. The van der Waals surface area contributed by atoms with E-state index in [0.717, 1.165) is 11.3 Å². The molecule has 0 aromatic heterocycles. The van der Waals surface area contributed by atoms with Crippen LogP contribution in [0.15, 0.2) is 54.6 Å². The van der Waals surface area contributed by atoms with Crippen LogP contribution in [0.4, 0.5) is 4.79 Å². The summed E-state index contributed by atoms with van der Waals surface area (Å²) in [6, 6.07) is 17.7. The van der Waals surface area contributed by atoms with Crippen LogP contribution in [0.5, 0.6) is 5.75 Å². The second kappa shape index (κ2) is 8.65. The monoisotopic (exact) mass is 383 g/mol. The normalized spacial score (nSPS) is 19.5. The van der Waals surface area contributed by atoms with Gasteiger partial charge in [-0.05, 0) is 44.0 Å². The SMILES string of the molecule is CC(C)(C)OC(=O)N1C[C@H](COc2cccc(CO)c2)[C@@H](c2ccccc2)C1. The van der Waals surface area contributed by atoms with Gasteiger partial charge >= 0.3 is 6.09 Å². The van der Waals surface area contributed by atoms with Gasteiger partial charge in [-0.1, -0.05) is 42.5 Å². The molecule has 0 bridgehead atoms. The topological polar surface area (TPSA) is 59.0 Å². The number of rotatable bonds is 5. The van der Waals surface area contributed by atoms with Gasteiger partial charge in [0.25, 0.3) is 0 Å². The second-order valence-corrected chi connectivity index (χ2v) is 8.28. The lowest BCUT2D eigenvalue weighted by atomic mass is 9.89. The summed E-state index contributed by atoms with van der Waals surface area (Å²) >= 11 is 0. The predicted molar refractivity (Wildman–Crippen MR) is 108 cm³/mol. The molecule has 2 aromatic rings. The Morgan fingerprint density at radius 2 is 1.86 bits per heavy atom. The quantitative estimate of drug-likeness (QED) is 0.840. The molecule has 2 atom stereocenters. The van der Waals surface area contributed by atoms with E-state index >= 15 is 0 Å². The van der Waals surface area contributed by atoms with Crippen molar-refractivity contribution in [3.8, 4) is 5.75 Å². The van der Waals surface area contributed by atoms with Crippen LogP contribution in [0.2, 0.25) is 0 Å². The van der Waals surface area contributed by atoms with Crippen molar-refractivity contribution in [2.24, 2.45) is 5.92 Å². The molecule has 5 nitrogen and oxygen atoms in total. The largest absolute Gasteiger partial charge is 0.493 e. The Morgan fingerprint density at radius 1 is 1.11 bits per heavy atom. The smallest absolute Gasteiger partial charge is 0.410 e. The molecule has 1 saturated heterocycles. The Bertz CT molecular complexity index is 785. The van der Waals surface area contributed by atoms with Crippen LogP contribution < -0.4 is 4.74 Å². The molecule has 0 radical (unpaired) electrons. The van der Waals surface area contributed by atoms with E-state index in [0.29, 0.717) is 19.7 Å². The van der Waals surface area contributed by atoms with E-state index in [-0.39, 0.29) is 24.5 Å². The number of carbonyl (C=O) groups excluding carboxylic acids is 1. The van der Waals surface area contributed by atoms with Crippen molar-refractivity contribution in [3.05, 3.63) is 65.7 Å². The van der Waals surface area contributed by atoms with E-state index in [1.807, 2.05) is 63.2 Å². The van der Waals surface area contributed by atoms with Crippen molar-refractivity contribution in [2.75, 3.05) is 19.7 Å². The highest BCUT2D eigenvalue weighted by molar-refractivity contribution is 5.68. The summed E-state index contributed by atoms with van der Waals surface area (Å²) in [4.78, 5) is 14.4. The third-order valence-corrected chi connectivity index (χ3v) is 4.87. The van der Waals surface area contributed by atoms with Gasteiger partial charge in [0.05, 0.1) is 13.2 Å². The number of amides is 1. The van der Waals surface area contributed by atoms with Gasteiger partial charge in [-0.2, -0.15) is 0 Å². The summed E-state index contributed by atoms with van der Waals surface area (Å²) in [5, 5.41) is 9.31. The van der Waals surface area contributed by atoms with Crippen molar-refractivity contribution >= 4 is 6.09 Å². The van der Waals surface area contributed by atoms with Crippen molar-refractivity contribution in [2.45, 2.75) is 38.9 Å². The van der Waals surface area contributed by atoms with Gasteiger partial charge in [-0.15, -0.1) is 0 Å². The first-order valence-electron chi connectivity index (χ1n) is 9.71. The fourth-order valence-corrected chi connectivity index (χ4v) is 3.53. The molecule has 3 rings (SSSR count). The van der Waals surface area contributed by atoms with Crippen LogP contribution in [-0.2, 0) is 11.3 Å². The number of aliphatic hydroxyl groups excluding tert-OH is 1. The molecular weight excluding hydrogens is 354 g/mol. The van der Waals surface area contributed by atoms with Crippen molar-refractivity contribution < 1.29 is 19.4 Å². The van der Waals surface area contributed by atoms with Gasteiger partial charge < -0.3 is 19.5 Å². The highest BCUT2D eigenvalue weighted by atomic mass is 16.6. The van der Waals surface area contributed by atoms with Crippen LogP contribution in [0.1, 0.15) is 37.8 Å². The van der Waals surface area contributed by atoms with E-state index in [4.69, 9.17) is 9.47 Å². The number of ether oxygens (including phenoxy) is 2. The fourth-order valence-electron chi connectivity index (χ4n) is 3.53. The fraction of sp³-hybridized carbons (Fsp3) is 0.435. The summed E-state index contributed by atoms with van der Waals surface area (Å²) in [6.07, 6.45) is -0.279. The van der Waals surface area contributed by atoms with Gasteiger partial charge in [0.15, 0.2) is 0 Å². The molecule has 1 fully saturated rings. The van der Waals surface area contributed by atoms with Crippen LogP contribution in [0, 0.1) is 5.92 Å². The zero-order valence-electron chi connectivity index (χ0n) is 16.8. The maximum absolute atomic E-state index is 12.6. The molecule has 1 aliphatic rings. The van der Waals surface area contributed by atoms with Crippen molar-refractivity contribution in [1.29, 1.82) is 0 Å². The van der Waals surface area contributed by atoms with Crippen LogP contribution in [0.25, 0.3) is 0 Å². The van der Waals surface area contributed by atoms with E-state index in [1.54, 1.807) is 4.90 Å². The van der Waals surface area contributed by atoms with Crippen molar-refractivity contribution in [3.63, 3.8) is 0 Å². The standard InChI is InChI=1S/C23H29NO4/c1-23(2,3)28-22(26)24-13-19(21(14-24)18-9-5-4-6-10-18)16-27-20-11-7-8-17(12-20)15-25/h4-12,19,21,25H,13-16H2,1-3H3/t19-,21-/m1/s1. The van der Waals surface area contributed by atoms with Gasteiger partial charge in [0, 0.05) is 24.9 Å². The third kappa shape index (κ3) is 5.26. The Hall–Kier alpha value is -2.53. The second-order valence-electron chi connectivity index (χ2n) is 8.28. The molecule has 2 aromatic carbocycles. The number of nitrogens with zero attached hydrogens (tertiary/aromatic N) is 1. The third-order valence-electron chi connectivity index (χ3n) is 4.87. The zero-order valence-corrected chi connectivity index (χ0v) is 16.8. The van der Waals surface area contributed by atoms with Gasteiger partial charge in [0.1, 0.15) is 11.4 Å². The van der Waals surface area contributed by atoms with Gasteiger partial charge in [0.2, 0.25) is 0 Å². The number of carbonyl (C=O) groups is 1. The number of aliphatic hydroxyl groups is 1. The lowest BCUT2D eigenvalue weighted by Gasteiger charge is -2.24. The highest BCUT2D eigenvalue weighted by Crippen LogP contribution is 2.34. The lowest BCUT2D eigenvalue weighted by molar-refractivity contribution is 0.0283. The average molecular weight is 383 g/mol. The molecule has 28 heavy (non-hydrogen) atoms. The molecule has 0 aliphatic carbocycles. The van der Waals surface area contributed by atoms with E-state index < -0.39 is 5.60 Å². The van der Waals surface area contributed by atoms with Crippen molar-refractivity contribution in [1.82, 2.24) is 4.90 Å². The highest BCUT2D eigenvalue weighted by Gasteiger charge is 2.38. The molecule has 5 heteroatoms. The minimum Gasteiger partial charge on any atom is -0.493 e. The van der Waals surface area contributed by atoms with E-state index in [2.05, 4.69) is 12.1 Å². The molecule has 0 spiro atoms. The molecule has 0 saturated carbocycles. The van der Waals surface area contributed by atoms with Gasteiger partial charge in [-0.25, -0.2) is 4.79 Å². The minimum atomic E-state index is -0.515. The van der Waals surface area contributed by atoms with E-state index in [1.165, 1.54) is 5.56 Å². The Labute approximate surface area is 166 Å². The summed E-state index contributed by atoms with van der Waals surface area (Å²) in [5.74, 6) is 1.08. The Kier molecular flexibility index (Phi) is 6.25. The zero-order chi connectivity index (χ0) is 20.1. The minimum absolute atomic E-state index is 0.0142. The Balaban J connectivity index is 1.73. The van der Waals surface area contributed by atoms with Crippen LogP contribution in [0.3, 0.4) is 0 Å². The summed E-state index contributed by atoms with van der Waals surface area (Å²) in [6.45, 7) is 7.32. The molecule has 1 amide bonds. The summed E-state index contributed by atoms with van der Waals surface area (Å²) < 4.78 is 11.6. The number of benzene rings is 2. The molecule has 1 aliphatic heterocycles. The first-order valence-corrected chi connectivity index (χ1v) is 9.71. The lowest BCUT2D eigenvalue weighted by Crippen LogP contribution is -2.35. The van der Waals surface area contributed by atoms with Crippen LogP contribution in [-0.4, -0.2) is 41.4 Å². The molecule has 150 valence electrons. The number of likely N-dealkylation sites (tertiary alicyclic amines) is 1. The van der Waals surface area contributed by atoms with Gasteiger partial charge in [-0.3, -0.25) is 0 Å².